The number of ether oxygens (including phenoxy) is 3. The summed E-state index contributed by atoms with van der Waals surface area (Å²) in [4.78, 5) is 27.7. The minimum absolute atomic E-state index is 0.0204. The molecule has 3 rings (SSSR count). The number of pyridine rings is 1. The number of nitrogens with one attached hydrogen (secondary N) is 1. The summed E-state index contributed by atoms with van der Waals surface area (Å²) >= 11 is 17.0. The van der Waals surface area contributed by atoms with Crippen molar-refractivity contribution in [3.05, 3.63) is 56.7 Å². The summed E-state index contributed by atoms with van der Waals surface area (Å²) < 4.78 is 15.0. The number of halogens is 3. The second kappa shape index (κ2) is 14.5. The van der Waals surface area contributed by atoms with Crippen LogP contribution in [0.1, 0.15) is 60.3 Å². The second-order valence-corrected chi connectivity index (χ2v) is 8.48. The molecular weight excluding hydrogens is 547 g/mol. The fourth-order valence-electron chi connectivity index (χ4n) is 2.75. The summed E-state index contributed by atoms with van der Waals surface area (Å²) in [5.41, 5.74) is 1.20. The van der Waals surface area contributed by atoms with Gasteiger partial charge in [0.1, 0.15) is 11.6 Å². The van der Waals surface area contributed by atoms with Crippen molar-refractivity contribution in [2.24, 2.45) is 0 Å². The monoisotopic (exact) mass is 570 g/mol. The predicted octanol–water partition coefficient (Wildman–Crippen LogP) is 5.54. The molecule has 0 saturated carbocycles. The van der Waals surface area contributed by atoms with E-state index >= 15 is 0 Å². The van der Waals surface area contributed by atoms with Crippen LogP contribution in [0.15, 0.2) is 24.3 Å². The zero-order chi connectivity index (χ0) is 27.5. The zero-order valence-corrected chi connectivity index (χ0v) is 23.0. The molecule has 0 aliphatic rings. The predicted molar refractivity (Wildman–Crippen MR) is 139 cm³/mol. The van der Waals surface area contributed by atoms with E-state index in [0.717, 1.165) is 5.69 Å². The van der Waals surface area contributed by atoms with E-state index in [1.807, 2.05) is 19.9 Å². The van der Waals surface area contributed by atoms with Crippen LogP contribution in [0.3, 0.4) is 0 Å². The van der Waals surface area contributed by atoms with E-state index in [4.69, 9.17) is 44.3 Å². The van der Waals surface area contributed by atoms with Crippen molar-refractivity contribution >= 4 is 58.2 Å². The van der Waals surface area contributed by atoms with Gasteiger partial charge < -0.3 is 19.5 Å². The first-order valence-electron chi connectivity index (χ1n) is 11.0. The third-order valence-electron chi connectivity index (χ3n) is 4.33. The Morgan fingerprint density at radius 2 is 1.46 bits per heavy atom. The molecule has 3 aromatic heterocycles. The van der Waals surface area contributed by atoms with Crippen LogP contribution in [0, 0.1) is 0 Å². The number of methoxy groups -OCH3 is 1. The molecule has 198 valence electrons. The molecule has 3 aromatic rings. The van der Waals surface area contributed by atoms with Crippen LogP contribution in [0.4, 0.5) is 11.5 Å². The Morgan fingerprint density at radius 3 is 2.00 bits per heavy atom. The van der Waals surface area contributed by atoms with Crippen LogP contribution in [0.5, 0.6) is 5.75 Å². The summed E-state index contributed by atoms with van der Waals surface area (Å²) in [5.74, 6) is 0.227. The zero-order valence-electron chi connectivity index (χ0n) is 20.7. The van der Waals surface area contributed by atoms with Gasteiger partial charge in [-0.15, -0.1) is 20.4 Å². The Balaban J connectivity index is 0.000000312. The lowest BCUT2D eigenvalue weighted by Gasteiger charge is -2.14. The maximum atomic E-state index is 12.0. The molecule has 0 aliphatic carbocycles. The Morgan fingerprint density at radius 1 is 0.892 bits per heavy atom. The molecule has 0 spiro atoms. The smallest absolute Gasteiger partial charge is 0.361 e. The minimum Gasteiger partial charge on any atom is -0.495 e. The molecule has 14 heteroatoms. The maximum Gasteiger partial charge on any atom is 0.361 e. The molecule has 37 heavy (non-hydrogen) atoms. The first-order valence-corrected chi connectivity index (χ1v) is 12.1. The van der Waals surface area contributed by atoms with E-state index in [1.165, 1.54) is 12.1 Å². The number of carbonyl (C=O) groups is 2. The first kappa shape index (κ1) is 29.9. The highest BCUT2D eigenvalue weighted by Crippen LogP contribution is 2.28. The SMILES string of the molecule is CCOC(=O)c1nnc(Cl)cc1Cl.CCOC(=O)c1nnc(Cl)cc1Nc1ccc(OC)c(C(C)C)n1. The molecule has 1 N–H and O–H groups in total. The van der Waals surface area contributed by atoms with Crippen molar-refractivity contribution in [1.82, 2.24) is 25.4 Å². The lowest BCUT2D eigenvalue weighted by molar-refractivity contribution is 0.0509. The van der Waals surface area contributed by atoms with Crippen molar-refractivity contribution in [3.8, 4) is 5.75 Å². The van der Waals surface area contributed by atoms with Gasteiger partial charge in [0.05, 0.1) is 36.7 Å². The average molecular weight is 572 g/mol. The lowest BCUT2D eigenvalue weighted by atomic mass is 10.1. The molecule has 0 bridgehead atoms. The number of aromatic nitrogens is 5. The molecule has 0 fully saturated rings. The minimum atomic E-state index is -0.600. The highest BCUT2D eigenvalue weighted by Gasteiger charge is 2.18. The lowest BCUT2D eigenvalue weighted by Crippen LogP contribution is -2.12. The van der Waals surface area contributed by atoms with Crippen LogP contribution >= 0.6 is 34.8 Å². The van der Waals surface area contributed by atoms with Gasteiger partial charge in [-0.25, -0.2) is 14.6 Å². The fraction of sp³-hybridized carbons (Fsp3) is 0.348. The number of hydrogen-bond donors (Lipinski definition) is 1. The maximum absolute atomic E-state index is 12.0. The second-order valence-electron chi connectivity index (χ2n) is 7.30. The van der Waals surface area contributed by atoms with Gasteiger partial charge in [-0.2, -0.15) is 0 Å². The van der Waals surface area contributed by atoms with E-state index in [9.17, 15) is 9.59 Å². The molecule has 0 atom stereocenters. The summed E-state index contributed by atoms with van der Waals surface area (Å²) in [6, 6.07) is 6.39. The largest absolute Gasteiger partial charge is 0.495 e. The van der Waals surface area contributed by atoms with Crippen molar-refractivity contribution in [2.75, 3.05) is 25.6 Å². The van der Waals surface area contributed by atoms with E-state index in [1.54, 1.807) is 27.0 Å². The third-order valence-corrected chi connectivity index (χ3v) is 4.99. The van der Waals surface area contributed by atoms with Crippen LogP contribution in [0.2, 0.25) is 15.3 Å². The van der Waals surface area contributed by atoms with E-state index < -0.39 is 11.9 Å². The molecular formula is C23H25Cl3N6O5. The summed E-state index contributed by atoms with van der Waals surface area (Å²) in [7, 11) is 1.60. The summed E-state index contributed by atoms with van der Waals surface area (Å²) in [6.07, 6.45) is 0. The van der Waals surface area contributed by atoms with E-state index in [2.05, 4.69) is 35.4 Å². The average Bonchev–Trinajstić information content (AvgIpc) is 2.84. The Labute approximate surface area is 228 Å². The molecule has 0 aromatic carbocycles. The van der Waals surface area contributed by atoms with Gasteiger partial charge >= 0.3 is 11.9 Å². The Kier molecular flexibility index (Phi) is 11.7. The number of hydrogen-bond acceptors (Lipinski definition) is 11. The van der Waals surface area contributed by atoms with Crippen LogP contribution in [0.25, 0.3) is 0 Å². The Hall–Kier alpha value is -3.28. The quantitative estimate of drug-likeness (QED) is 0.341. The number of anilines is 2. The number of rotatable bonds is 8. The van der Waals surface area contributed by atoms with Gasteiger partial charge in [0, 0.05) is 6.07 Å². The highest BCUT2D eigenvalue weighted by atomic mass is 35.5. The molecule has 0 saturated heterocycles. The molecule has 0 radical (unpaired) electrons. The van der Waals surface area contributed by atoms with Crippen molar-refractivity contribution < 1.29 is 23.8 Å². The van der Waals surface area contributed by atoms with Gasteiger partial charge in [-0.05, 0) is 38.0 Å². The fourth-order valence-corrected chi connectivity index (χ4v) is 3.32. The van der Waals surface area contributed by atoms with Crippen molar-refractivity contribution in [2.45, 2.75) is 33.6 Å². The van der Waals surface area contributed by atoms with Crippen LogP contribution in [-0.2, 0) is 9.47 Å². The van der Waals surface area contributed by atoms with Gasteiger partial charge in [-0.3, -0.25) is 0 Å². The van der Waals surface area contributed by atoms with Gasteiger partial charge in [0.15, 0.2) is 21.7 Å². The summed E-state index contributed by atoms with van der Waals surface area (Å²) in [5, 5.41) is 18.0. The van der Waals surface area contributed by atoms with Gasteiger partial charge in [0.25, 0.3) is 0 Å². The van der Waals surface area contributed by atoms with E-state index in [0.29, 0.717) is 17.3 Å². The van der Waals surface area contributed by atoms with E-state index in [-0.39, 0.29) is 45.8 Å². The Bertz CT molecular complexity index is 1250. The van der Waals surface area contributed by atoms with Gasteiger partial charge in [-0.1, -0.05) is 48.7 Å². The normalized spacial score (nSPS) is 10.3. The van der Waals surface area contributed by atoms with Crippen LogP contribution in [-0.4, -0.2) is 57.6 Å². The van der Waals surface area contributed by atoms with Crippen molar-refractivity contribution in [3.63, 3.8) is 0 Å². The highest BCUT2D eigenvalue weighted by molar-refractivity contribution is 6.35. The molecule has 11 nitrogen and oxygen atoms in total. The molecule has 0 aliphatic heterocycles. The summed E-state index contributed by atoms with van der Waals surface area (Å²) in [6.45, 7) is 7.94. The molecule has 0 amide bonds. The number of nitrogens with zero attached hydrogens (tertiary/aromatic N) is 5. The first-order chi connectivity index (χ1) is 17.6. The van der Waals surface area contributed by atoms with Crippen molar-refractivity contribution in [1.29, 1.82) is 0 Å². The topological polar surface area (TPSA) is 138 Å². The molecule has 3 heterocycles. The standard InChI is InChI=1S/C16H19ClN4O3.C7H6Cl2N2O2/c1-5-24-16(22)15-10(8-12(17)20-21-15)18-13-7-6-11(23-4)14(19-13)9(2)3;1-2-13-7(12)6-4(8)3-5(9)10-11-6/h6-9H,5H2,1-4H3,(H,18,19,20);3H,2H2,1H3. The number of esters is 2. The van der Waals surface area contributed by atoms with Gasteiger partial charge in [0.2, 0.25) is 0 Å². The molecule has 0 unspecified atom stereocenters. The van der Waals surface area contributed by atoms with Crippen LogP contribution < -0.4 is 10.1 Å². The third kappa shape index (κ3) is 8.66. The number of carbonyl (C=O) groups excluding carboxylic acids is 2.